The average molecular weight is 127 g/mol. The second-order valence-corrected chi connectivity index (χ2v) is 1.37. The Morgan fingerprint density at radius 1 is 1.89 bits per heavy atom. The number of amides is 2. The van der Waals surface area contributed by atoms with Gasteiger partial charge in [-0.25, -0.2) is 4.79 Å². The van der Waals surface area contributed by atoms with E-state index in [0.717, 1.165) is 0 Å². The molecule has 1 aromatic heterocycles. The number of urea groups is 1. The average Bonchev–Trinajstić information content (AvgIpc) is 2.15. The molecule has 0 saturated carbocycles. The third-order valence-electron chi connectivity index (χ3n) is 0.684. The first-order valence-corrected chi connectivity index (χ1v) is 2.26. The van der Waals surface area contributed by atoms with Gasteiger partial charge in [-0.1, -0.05) is 5.16 Å². The van der Waals surface area contributed by atoms with Crippen LogP contribution in [0.2, 0.25) is 0 Å². The summed E-state index contributed by atoms with van der Waals surface area (Å²) in [5.74, 6) is 0.252. The lowest BCUT2D eigenvalue weighted by Crippen LogP contribution is -2.18. The maximum Gasteiger partial charge on any atom is 0.319 e. The van der Waals surface area contributed by atoms with E-state index < -0.39 is 6.03 Å². The topological polar surface area (TPSA) is 81.2 Å². The smallest absolute Gasteiger partial charge is 0.319 e. The zero-order valence-corrected chi connectivity index (χ0v) is 4.50. The Kier molecular flexibility index (Phi) is 1.35. The second kappa shape index (κ2) is 2.17. The summed E-state index contributed by atoms with van der Waals surface area (Å²) >= 11 is 0. The molecule has 0 aromatic carbocycles. The van der Waals surface area contributed by atoms with Crippen LogP contribution in [0.3, 0.4) is 0 Å². The van der Waals surface area contributed by atoms with Gasteiger partial charge in [0.2, 0.25) is 5.88 Å². The molecule has 9 heavy (non-hydrogen) atoms. The number of nitrogens with one attached hydrogen (secondary N) is 1. The van der Waals surface area contributed by atoms with E-state index in [9.17, 15) is 4.79 Å². The lowest BCUT2D eigenvalue weighted by atomic mass is 10.6. The standard InChI is InChI=1S/C4H5N3O2/c5-4(8)7-3-1-2-6-9-3/h1-2H,(H3,5,7,8). The largest absolute Gasteiger partial charge is 0.351 e. The Bertz CT molecular complexity index is 194. The number of carbonyl (C=O) groups excluding carboxylic acids is 1. The first kappa shape index (κ1) is 5.61. The number of nitrogens with zero attached hydrogens (tertiary/aromatic N) is 1. The van der Waals surface area contributed by atoms with Crippen molar-refractivity contribution in [3.63, 3.8) is 0 Å². The summed E-state index contributed by atoms with van der Waals surface area (Å²) in [5.41, 5.74) is 4.75. The molecule has 0 radical (unpaired) electrons. The van der Waals surface area contributed by atoms with Crippen LogP contribution in [-0.4, -0.2) is 11.2 Å². The molecular formula is C4H5N3O2. The van der Waals surface area contributed by atoms with Crippen LogP contribution in [0.5, 0.6) is 0 Å². The van der Waals surface area contributed by atoms with E-state index in [1.807, 2.05) is 0 Å². The molecule has 0 bridgehead atoms. The van der Waals surface area contributed by atoms with Gasteiger partial charge in [-0.15, -0.1) is 0 Å². The number of rotatable bonds is 1. The number of primary amides is 1. The SMILES string of the molecule is NC(=O)Nc1ccno1. The normalized spacial score (nSPS) is 8.89. The summed E-state index contributed by atoms with van der Waals surface area (Å²) in [7, 11) is 0. The molecule has 3 N–H and O–H groups in total. The van der Waals surface area contributed by atoms with Crippen LogP contribution < -0.4 is 11.1 Å². The van der Waals surface area contributed by atoms with Gasteiger partial charge in [-0.2, -0.15) is 0 Å². The van der Waals surface area contributed by atoms with Gasteiger partial charge in [0.05, 0.1) is 6.20 Å². The van der Waals surface area contributed by atoms with Crippen LogP contribution in [-0.2, 0) is 0 Å². The molecule has 48 valence electrons. The van der Waals surface area contributed by atoms with Gasteiger partial charge in [0.15, 0.2) is 0 Å². The first-order chi connectivity index (χ1) is 4.29. The second-order valence-electron chi connectivity index (χ2n) is 1.37. The summed E-state index contributed by atoms with van der Waals surface area (Å²) < 4.78 is 4.48. The van der Waals surface area contributed by atoms with E-state index in [1.54, 1.807) is 0 Å². The van der Waals surface area contributed by atoms with E-state index in [2.05, 4.69) is 15.0 Å². The van der Waals surface area contributed by atoms with Crippen LogP contribution in [0.4, 0.5) is 10.7 Å². The maximum absolute atomic E-state index is 10.1. The molecule has 0 aliphatic rings. The van der Waals surface area contributed by atoms with Crippen LogP contribution >= 0.6 is 0 Å². The molecule has 5 nitrogen and oxygen atoms in total. The molecule has 1 rings (SSSR count). The van der Waals surface area contributed by atoms with Gasteiger partial charge in [0, 0.05) is 6.07 Å². The monoisotopic (exact) mass is 127 g/mol. The first-order valence-electron chi connectivity index (χ1n) is 2.26. The molecule has 0 aliphatic carbocycles. The van der Waals surface area contributed by atoms with Crippen molar-refractivity contribution in [1.29, 1.82) is 0 Å². The minimum atomic E-state index is -0.660. The van der Waals surface area contributed by atoms with Gasteiger partial charge in [-0.3, -0.25) is 5.32 Å². The van der Waals surface area contributed by atoms with Crippen molar-refractivity contribution >= 4 is 11.9 Å². The van der Waals surface area contributed by atoms with Crippen LogP contribution in [0, 0.1) is 0 Å². The number of hydrogen-bond donors (Lipinski definition) is 2. The van der Waals surface area contributed by atoms with Crippen molar-refractivity contribution in [2.45, 2.75) is 0 Å². The number of nitrogens with two attached hydrogens (primary N) is 1. The molecule has 0 fully saturated rings. The molecule has 0 unspecified atom stereocenters. The summed E-state index contributed by atoms with van der Waals surface area (Å²) in [4.78, 5) is 10.1. The van der Waals surface area contributed by atoms with Crippen LogP contribution in [0.1, 0.15) is 0 Å². The number of anilines is 1. The fraction of sp³-hybridized carbons (Fsp3) is 0. The zero-order chi connectivity index (χ0) is 6.69. The molecular weight excluding hydrogens is 122 g/mol. The minimum Gasteiger partial charge on any atom is -0.351 e. The van der Waals surface area contributed by atoms with Gasteiger partial charge < -0.3 is 10.3 Å². The lowest BCUT2D eigenvalue weighted by Gasteiger charge is -1.89. The lowest BCUT2D eigenvalue weighted by molar-refractivity contribution is 0.258. The zero-order valence-electron chi connectivity index (χ0n) is 4.50. The predicted molar refractivity (Wildman–Crippen MR) is 29.7 cm³/mol. The Labute approximate surface area is 50.8 Å². The summed E-state index contributed by atoms with van der Waals surface area (Å²) in [6, 6.07) is 0.830. The molecule has 1 aromatic rings. The third-order valence-corrected chi connectivity index (χ3v) is 0.684. The number of aromatic nitrogens is 1. The Morgan fingerprint density at radius 2 is 2.67 bits per heavy atom. The molecule has 1 heterocycles. The van der Waals surface area contributed by atoms with Gasteiger partial charge in [0.1, 0.15) is 0 Å². The predicted octanol–water partition coefficient (Wildman–Crippen LogP) is 0.165. The highest BCUT2D eigenvalue weighted by atomic mass is 16.5. The molecule has 0 aliphatic heterocycles. The Morgan fingerprint density at radius 3 is 3.11 bits per heavy atom. The van der Waals surface area contributed by atoms with Crippen molar-refractivity contribution in [1.82, 2.24) is 5.16 Å². The van der Waals surface area contributed by atoms with Crippen molar-refractivity contribution in [2.24, 2.45) is 5.73 Å². The third kappa shape index (κ3) is 1.45. The van der Waals surface area contributed by atoms with Crippen molar-refractivity contribution in [3.05, 3.63) is 12.3 Å². The fourth-order valence-electron chi connectivity index (χ4n) is 0.402. The Hall–Kier alpha value is -1.52. The van der Waals surface area contributed by atoms with Crippen molar-refractivity contribution in [2.75, 3.05) is 5.32 Å². The Balaban J connectivity index is 2.58. The van der Waals surface area contributed by atoms with E-state index >= 15 is 0 Å². The molecule has 0 saturated heterocycles. The fourth-order valence-corrected chi connectivity index (χ4v) is 0.402. The van der Waals surface area contributed by atoms with Gasteiger partial charge in [0.25, 0.3) is 0 Å². The van der Waals surface area contributed by atoms with Gasteiger partial charge in [-0.05, 0) is 0 Å². The summed E-state index contributed by atoms with van der Waals surface area (Å²) in [5, 5.41) is 5.52. The van der Waals surface area contributed by atoms with E-state index in [1.165, 1.54) is 12.3 Å². The molecule has 5 heteroatoms. The van der Waals surface area contributed by atoms with E-state index in [0.29, 0.717) is 0 Å². The highest BCUT2D eigenvalue weighted by molar-refractivity contribution is 5.85. The molecule has 2 amide bonds. The van der Waals surface area contributed by atoms with Crippen molar-refractivity contribution < 1.29 is 9.32 Å². The highest BCUT2D eigenvalue weighted by Gasteiger charge is 1.96. The maximum atomic E-state index is 10.1. The summed E-state index contributed by atoms with van der Waals surface area (Å²) in [6.45, 7) is 0. The molecule has 0 atom stereocenters. The van der Waals surface area contributed by atoms with E-state index in [-0.39, 0.29) is 5.88 Å². The number of hydrogen-bond acceptors (Lipinski definition) is 3. The summed E-state index contributed by atoms with van der Waals surface area (Å²) in [6.07, 6.45) is 1.41. The van der Waals surface area contributed by atoms with Crippen molar-refractivity contribution in [3.8, 4) is 0 Å². The number of carbonyl (C=O) groups is 1. The highest BCUT2D eigenvalue weighted by Crippen LogP contribution is 2.01. The van der Waals surface area contributed by atoms with E-state index in [4.69, 9.17) is 5.73 Å². The molecule has 0 spiro atoms. The van der Waals surface area contributed by atoms with Gasteiger partial charge >= 0.3 is 6.03 Å². The van der Waals surface area contributed by atoms with Crippen LogP contribution in [0.25, 0.3) is 0 Å². The quantitative estimate of drug-likeness (QED) is 0.564. The van der Waals surface area contributed by atoms with Crippen LogP contribution in [0.15, 0.2) is 16.8 Å². The minimum absolute atomic E-state index is 0.252.